The van der Waals surface area contributed by atoms with Crippen LogP contribution in [-0.2, 0) is 35.6 Å². The molecule has 2 aromatic carbocycles. The summed E-state index contributed by atoms with van der Waals surface area (Å²) in [4.78, 5) is 27.8. The number of nitrogens with one attached hydrogen (secondary N) is 1. The number of sulfonamides is 1. The van der Waals surface area contributed by atoms with Crippen LogP contribution in [0.1, 0.15) is 25.8 Å². The fraction of sp³-hybridized carbons (Fsp3) is 0.500. The second-order valence-corrected chi connectivity index (χ2v) is 11.1. The molecule has 1 aliphatic rings. The molecular formula is C28H39N3O8S. The summed E-state index contributed by atoms with van der Waals surface area (Å²) < 4.78 is 48.5. The lowest BCUT2D eigenvalue weighted by molar-refractivity contribution is -0.142. The van der Waals surface area contributed by atoms with Crippen molar-refractivity contribution in [2.45, 2.75) is 37.8 Å². The van der Waals surface area contributed by atoms with E-state index in [4.69, 9.17) is 18.9 Å². The number of hydrogen-bond donors (Lipinski definition) is 1. The molecule has 2 aromatic rings. The second-order valence-electron chi connectivity index (χ2n) is 9.16. The first kappa shape index (κ1) is 31.3. The van der Waals surface area contributed by atoms with Crippen molar-refractivity contribution in [1.29, 1.82) is 0 Å². The van der Waals surface area contributed by atoms with Crippen molar-refractivity contribution in [3.05, 3.63) is 54.1 Å². The van der Waals surface area contributed by atoms with Gasteiger partial charge in [0, 0.05) is 39.4 Å². The Labute approximate surface area is 236 Å². The lowest BCUT2D eigenvalue weighted by atomic mass is 10.1. The first-order valence-electron chi connectivity index (χ1n) is 13.3. The predicted octanol–water partition coefficient (Wildman–Crippen LogP) is 2.06. The summed E-state index contributed by atoms with van der Waals surface area (Å²) in [7, 11) is -2.06. The number of ether oxygens (including phenoxy) is 4. The Morgan fingerprint density at radius 1 is 1.05 bits per heavy atom. The average Bonchev–Trinajstić information content (AvgIpc) is 2.99. The normalized spacial score (nSPS) is 14.8. The number of nitrogens with zero attached hydrogens (tertiary/aromatic N) is 2. The van der Waals surface area contributed by atoms with Gasteiger partial charge in [-0.2, -0.15) is 4.31 Å². The molecule has 0 radical (unpaired) electrons. The minimum Gasteiger partial charge on any atom is -0.497 e. The summed E-state index contributed by atoms with van der Waals surface area (Å²) in [6, 6.07) is 12.4. The van der Waals surface area contributed by atoms with Gasteiger partial charge in [-0.15, -0.1) is 0 Å². The van der Waals surface area contributed by atoms with Crippen molar-refractivity contribution >= 4 is 21.8 Å². The number of rotatable bonds is 15. The van der Waals surface area contributed by atoms with Crippen LogP contribution in [0.2, 0.25) is 0 Å². The third-order valence-corrected chi connectivity index (χ3v) is 8.35. The number of carbonyl (C=O) groups is 2. The lowest BCUT2D eigenvalue weighted by Crippen LogP contribution is -2.49. The van der Waals surface area contributed by atoms with E-state index in [-0.39, 0.29) is 24.0 Å². The molecule has 0 bridgehead atoms. The minimum atomic E-state index is -3.64. The van der Waals surface area contributed by atoms with E-state index >= 15 is 0 Å². The van der Waals surface area contributed by atoms with Crippen LogP contribution < -0.4 is 14.8 Å². The summed E-state index contributed by atoms with van der Waals surface area (Å²) in [6.07, 6.45) is 0.666. The summed E-state index contributed by atoms with van der Waals surface area (Å²) in [5, 5.41) is 2.86. The number of hydrogen-bond acceptors (Lipinski definition) is 8. The van der Waals surface area contributed by atoms with Crippen LogP contribution in [0.4, 0.5) is 0 Å². The van der Waals surface area contributed by atoms with Crippen LogP contribution in [0.3, 0.4) is 0 Å². The maximum atomic E-state index is 13.3. The molecule has 220 valence electrons. The van der Waals surface area contributed by atoms with E-state index in [9.17, 15) is 18.0 Å². The monoisotopic (exact) mass is 577 g/mol. The summed E-state index contributed by atoms with van der Waals surface area (Å²) in [5.41, 5.74) is 0.822. The fourth-order valence-electron chi connectivity index (χ4n) is 4.06. The quantitative estimate of drug-likeness (QED) is 0.319. The zero-order valence-corrected chi connectivity index (χ0v) is 24.2. The third-order valence-electron chi connectivity index (χ3n) is 6.44. The van der Waals surface area contributed by atoms with E-state index in [1.165, 1.54) is 33.5 Å². The molecule has 0 aromatic heterocycles. The molecule has 1 saturated heterocycles. The van der Waals surface area contributed by atoms with E-state index in [0.717, 1.165) is 5.56 Å². The molecule has 3 rings (SSSR count). The minimum absolute atomic E-state index is 0.142. The molecule has 12 heteroatoms. The van der Waals surface area contributed by atoms with Gasteiger partial charge in [0.2, 0.25) is 15.9 Å². The number of amides is 2. The summed E-state index contributed by atoms with van der Waals surface area (Å²) in [6.45, 7) is 6.36. The second kappa shape index (κ2) is 15.6. The molecule has 0 aliphatic carbocycles. The van der Waals surface area contributed by atoms with Gasteiger partial charge in [-0.25, -0.2) is 8.42 Å². The first-order chi connectivity index (χ1) is 19.3. The van der Waals surface area contributed by atoms with Crippen LogP contribution in [0.25, 0.3) is 0 Å². The van der Waals surface area contributed by atoms with Gasteiger partial charge in [-0.3, -0.25) is 9.59 Å². The van der Waals surface area contributed by atoms with Crippen molar-refractivity contribution in [2.24, 2.45) is 0 Å². The highest BCUT2D eigenvalue weighted by molar-refractivity contribution is 7.89. The molecule has 0 spiro atoms. The van der Waals surface area contributed by atoms with Gasteiger partial charge >= 0.3 is 0 Å². The number of benzene rings is 2. The Morgan fingerprint density at radius 2 is 1.70 bits per heavy atom. The van der Waals surface area contributed by atoms with Crippen molar-refractivity contribution in [3.8, 4) is 11.5 Å². The highest BCUT2D eigenvalue weighted by atomic mass is 32.2. The Kier molecular flexibility index (Phi) is 12.2. The maximum absolute atomic E-state index is 13.3. The van der Waals surface area contributed by atoms with Crippen LogP contribution >= 0.6 is 0 Å². The standard InChI is InChI=1S/C28H39N3O8S/c1-4-37-17-5-14-29-28(33)22(2)31(20-23-6-8-24(36-3)9-7-23)27(32)21-39-25-10-12-26(13-11-25)40(34,35)30-15-18-38-19-16-30/h6-13,22H,4-5,14-21H2,1-3H3,(H,29,33). The van der Waals surface area contributed by atoms with Crippen molar-refractivity contribution in [1.82, 2.24) is 14.5 Å². The van der Waals surface area contributed by atoms with Crippen LogP contribution in [0, 0.1) is 0 Å². The summed E-state index contributed by atoms with van der Waals surface area (Å²) >= 11 is 0. The Balaban J connectivity index is 1.65. The molecule has 1 fully saturated rings. The Bertz CT molecular complexity index is 1180. The van der Waals surface area contributed by atoms with Gasteiger partial charge < -0.3 is 29.2 Å². The molecule has 11 nitrogen and oxygen atoms in total. The third kappa shape index (κ3) is 8.91. The number of methoxy groups -OCH3 is 1. The SMILES string of the molecule is CCOCCCNC(=O)C(C)N(Cc1ccc(OC)cc1)C(=O)COc1ccc(S(=O)(=O)N2CCOCC2)cc1. The maximum Gasteiger partial charge on any atom is 0.261 e. The van der Waals surface area contributed by atoms with E-state index in [1.807, 2.05) is 19.1 Å². The molecule has 1 aliphatic heterocycles. The number of morpholine rings is 1. The number of carbonyl (C=O) groups excluding carboxylic acids is 2. The molecule has 1 N–H and O–H groups in total. The highest BCUT2D eigenvalue weighted by Crippen LogP contribution is 2.21. The van der Waals surface area contributed by atoms with Crippen molar-refractivity contribution in [3.63, 3.8) is 0 Å². The van der Waals surface area contributed by atoms with Gasteiger partial charge in [0.25, 0.3) is 5.91 Å². The average molecular weight is 578 g/mol. The van der Waals surface area contributed by atoms with Gasteiger partial charge in [0.05, 0.1) is 25.2 Å². The molecule has 0 saturated carbocycles. The molecule has 1 heterocycles. The van der Waals surface area contributed by atoms with E-state index in [0.29, 0.717) is 64.0 Å². The molecule has 1 atom stereocenters. The van der Waals surface area contributed by atoms with Gasteiger partial charge in [-0.1, -0.05) is 12.1 Å². The molecular weight excluding hydrogens is 538 g/mol. The predicted molar refractivity (Wildman–Crippen MR) is 149 cm³/mol. The highest BCUT2D eigenvalue weighted by Gasteiger charge is 2.28. The zero-order chi connectivity index (χ0) is 29.0. The van der Waals surface area contributed by atoms with E-state index in [1.54, 1.807) is 26.2 Å². The lowest BCUT2D eigenvalue weighted by Gasteiger charge is -2.29. The van der Waals surface area contributed by atoms with Crippen molar-refractivity contribution < 1.29 is 37.0 Å². The summed E-state index contributed by atoms with van der Waals surface area (Å²) in [5.74, 6) is 0.352. The first-order valence-corrected chi connectivity index (χ1v) is 14.8. The molecule has 1 unspecified atom stereocenters. The van der Waals surface area contributed by atoms with E-state index < -0.39 is 22.0 Å². The topological polar surface area (TPSA) is 124 Å². The zero-order valence-electron chi connectivity index (χ0n) is 23.3. The van der Waals surface area contributed by atoms with Gasteiger partial charge in [0.1, 0.15) is 17.5 Å². The van der Waals surface area contributed by atoms with Crippen LogP contribution in [-0.4, -0.2) is 95.3 Å². The van der Waals surface area contributed by atoms with E-state index in [2.05, 4.69) is 5.32 Å². The fourth-order valence-corrected chi connectivity index (χ4v) is 5.47. The van der Waals surface area contributed by atoms with Crippen LogP contribution in [0.5, 0.6) is 11.5 Å². The van der Waals surface area contributed by atoms with Gasteiger partial charge in [0.15, 0.2) is 6.61 Å². The molecule has 2 amide bonds. The van der Waals surface area contributed by atoms with Crippen molar-refractivity contribution in [2.75, 3.05) is 59.8 Å². The Hall–Kier alpha value is -3.19. The van der Waals surface area contributed by atoms with Gasteiger partial charge in [-0.05, 0) is 62.2 Å². The molecule has 40 heavy (non-hydrogen) atoms. The van der Waals surface area contributed by atoms with Crippen LogP contribution in [0.15, 0.2) is 53.4 Å². The Morgan fingerprint density at radius 3 is 2.33 bits per heavy atom. The largest absolute Gasteiger partial charge is 0.497 e. The smallest absolute Gasteiger partial charge is 0.261 e.